The molecule has 57 heavy (non-hydrogen) atoms. The molecule has 0 spiro atoms. The second kappa shape index (κ2) is 26.2. The maximum Gasteiger partial charge on any atom is 0.348 e. The zero-order valence-electron chi connectivity index (χ0n) is 32.7. The van der Waals surface area contributed by atoms with Gasteiger partial charge in [-0.05, 0) is 66.8 Å². The second-order valence-electron chi connectivity index (χ2n) is 12.2. The van der Waals surface area contributed by atoms with Gasteiger partial charge in [-0.2, -0.15) is 10.5 Å². The number of ether oxygens (including phenoxy) is 6. The van der Waals surface area contributed by atoms with Crippen molar-refractivity contribution in [2.45, 2.75) is 47.0 Å². The molecule has 0 aromatic heterocycles. The van der Waals surface area contributed by atoms with Crippen LogP contribution in [0.3, 0.4) is 0 Å². The number of benzene rings is 2. The molecule has 0 saturated carbocycles. The molecular weight excluding hydrogens is 740 g/mol. The van der Waals surface area contributed by atoms with Crippen LogP contribution in [0.2, 0.25) is 0 Å². The third-order valence-electron chi connectivity index (χ3n) is 7.74. The SMILES string of the molecule is CC(=O)OCCN(CCOC(C)=O)c1ccc(/C=C(\C#N)C(=O)OCCCCCOC(=O)/C(C#N)=C/c2ccc(N(CCOC(C)=O)CCOC(C)=O)cc2)cc1. The van der Waals surface area contributed by atoms with E-state index in [1.165, 1.54) is 39.8 Å². The number of unbranched alkanes of at least 4 members (excludes halogenated alkanes) is 2. The molecule has 0 atom stereocenters. The molecule has 0 fully saturated rings. The normalized spacial score (nSPS) is 10.9. The monoisotopic (exact) mass is 788 g/mol. The van der Waals surface area contributed by atoms with Crippen molar-refractivity contribution in [1.29, 1.82) is 10.5 Å². The highest BCUT2D eigenvalue weighted by molar-refractivity contribution is 5.98. The summed E-state index contributed by atoms with van der Waals surface area (Å²) < 4.78 is 30.7. The van der Waals surface area contributed by atoms with Gasteiger partial charge in [0.15, 0.2) is 0 Å². The molecule has 0 radical (unpaired) electrons. The first-order valence-electron chi connectivity index (χ1n) is 18.1. The minimum absolute atomic E-state index is 0.0364. The Morgan fingerprint density at radius 3 is 1.04 bits per heavy atom. The average Bonchev–Trinajstić information content (AvgIpc) is 3.17. The van der Waals surface area contributed by atoms with E-state index in [0.29, 0.717) is 56.6 Å². The Kier molecular flexibility index (Phi) is 21.3. The molecule has 2 aromatic rings. The van der Waals surface area contributed by atoms with E-state index in [1.54, 1.807) is 48.5 Å². The lowest BCUT2D eigenvalue weighted by Crippen LogP contribution is -2.31. The van der Waals surface area contributed by atoms with E-state index in [1.807, 2.05) is 21.9 Å². The van der Waals surface area contributed by atoms with Crippen molar-refractivity contribution in [2.24, 2.45) is 0 Å². The molecular formula is C41H48N4O12. The van der Waals surface area contributed by atoms with Crippen LogP contribution in [0.5, 0.6) is 0 Å². The van der Waals surface area contributed by atoms with Crippen LogP contribution >= 0.6 is 0 Å². The molecule has 0 saturated heterocycles. The highest BCUT2D eigenvalue weighted by atomic mass is 16.6. The minimum Gasteiger partial charge on any atom is -0.464 e. The summed E-state index contributed by atoms with van der Waals surface area (Å²) in [5.41, 5.74) is 2.25. The lowest BCUT2D eigenvalue weighted by atomic mass is 10.1. The first kappa shape index (κ1) is 46.5. The average molecular weight is 789 g/mol. The smallest absolute Gasteiger partial charge is 0.348 e. The lowest BCUT2D eigenvalue weighted by Gasteiger charge is -2.24. The fourth-order valence-electron chi connectivity index (χ4n) is 4.97. The predicted octanol–water partition coefficient (Wildman–Crippen LogP) is 4.32. The van der Waals surface area contributed by atoms with Crippen LogP contribution in [0.15, 0.2) is 59.7 Å². The number of carbonyl (C=O) groups excluding carboxylic acids is 6. The molecule has 0 amide bonds. The predicted molar refractivity (Wildman–Crippen MR) is 207 cm³/mol. The molecule has 304 valence electrons. The maximum atomic E-state index is 12.6. The minimum atomic E-state index is -0.786. The van der Waals surface area contributed by atoms with Crippen molar-refractivity contribution in [1.82, 2.24) is 0 Å². The molecule has 0 unspecified atom stereocenters. The number of hydrogen-bond acceptors (Lipinski definition) is 16. The Balaban J connectivity index is 1.84. The Morgan fingerprint density at radius 2 is 0.772 bits per heavy atom. The summed E-state index contributed by atoms with van der Waals surface area (Å²) in [5.74, 6) is -3.22. The molecule has 0 aliphatic rings. The van der Waals surface area contributed by atoms with E-state index in [9.17, 15) is 39.3 Å². The number of hydrogen-bond donors (Lipinski definition) is 0. The van der Waals surface area contributed by atoms with Gasteiger partial charge < -0.3 is 38.2 Å². The van der Waals surface area contributed by atoms with Gasteiger partial charge in [0, 0.05) is 39.1 Å². The molecule has 0 aliphatic carbocycles. The summed E-state index contributed by atoms with van der Waals surface area (Å²) in [7, 11) is 0. The van der Waals surface area contributed by atoms with Gasteiger partial charge in [0.25, 0.3) is 0 Å². The van der Waals surface area contributed by atoms with Gasteiger partial charge in [-0.3, -0.25) is 19.2 Å². The van der Waals surface area contributed by atoms with Crippen LogP contribution in [0.4, 0.5) is 11.4 Å². The van der Waals surface area contributed by atoms with Crippen molar-refractivity contribution in [3.8, 4) is 12.1 Å². The van der Waals surface area contributed by atoms with E-state index in [-0.39, 0.29) is 50.8 Å². The van der Waals surface area contributed by atoms with Gasteiger partial charge in [-0.25, -0.2) is 9.59 Å². The number of esters is 6. The highest BCUT2D eigenvalue weighted by Gasteiger charge is 2.14. The quantitative estimate of drug-likeness (QED) is 0.0476. The Morgan fingerprint density at radius 1 is 0.474 bits per heavy atom. The maximum absolute atomic E-state index is 12.6. The number of nitrogens with zero attached hydrogens (tertiary/aromatic N) is 4. The van der Waals surface area contributed by atoms with Crippen molar-refractivity contribution < 1.29 is 57.2 Å². The van der Waals surface area contributed by atoms with Crippen LogP contribution < -0.4 is 9.80 Å². The van der Waals surface area contributed by atoms with Gasteiger partial charge >= 0.3 is 35.8 Å². The summed E-state index contributed by atoms with van der Waals surface area (Å²) in [5, 5.41) is 19.1. The molecule has 0 bridgehead atoms. The van der Waals surface area contributed by atoms with Crippen LogP contribution in [0.25, 0.3) is 12.2 Å². The van der Waals surface area contributed by atoms with E-state index >= 15 is 0 Å². The van der Waals surface area contributed by atoms with E-state index in [4.69, 9.17) is 28.4 Å². The van der Waals surface area contributed by atoms with Crippen molar-refractivity contribution in [2.75, 3.05) is 75.6 Å². The van der Waals surface area contributed by atoms with Crippen molar-refractivity contribution in [3.63, 3.8) is 0 Å². The van der Waals surface area contributed by atoms with E-state index in [2.05, 4.69) is 0 Å². The third kappa shape index (κ3) is 19.5. The number of carbonyl (C=O) groups is 6. The molecule has 16 nitrogen and oxygen atoms in total. The molecule has 0 heterocycles. The number of anilines is 2. The number of nitriles is 2. The fraction of sp³-hybridized carbons (Fsp3) is 0.415. The molecule has 2 aromatic carbocycles. The zero-order valence-corrected chi connectivity index (χ0v) is 32.7. The van der Waals surface area contributed by atoms with Gasteiger partial charge in [-0.1, -0.05) is 24.3 Å². The van der Waals surface area contributed by atoms with E-state index in [0.717, 1.165) is 11.4 Å². The summed E-state index contributed by atoms with van der Waals surface area (Å²) in [4.78, 5) is 73.6. The Hall–Kier alpha value is -6.68. The summed E-state index contributed by atoms with van der Waals surface area (Å²) in [6.07, 6.45) is 4.23. The Labute approximate surface area is 332 Å². The van der Waals surface area contributed by atoms with Crippen LogP contribution in [0, 0.1) is 22.7 Å². The topological polar surface area (TPSA) is 212 Å². The second-order valence-corrected chi connectivity index (χ2v) is 12.2. The van der Waals surface area contributed by atoms with Gasteiger partial charge in [0.1, 0.15) is 49.7 Å². The standard InChI is InChI=1S/C41H48N4O12/c1-30(46)52-22-16-44(17-23-53-31(2)47)38-12-8-34(9-13-38)26-36(28-42)40(50)56-20-6-5-7-21-57-41(51)37(29-43)27-35-10-14-39(15-11-35)45(18-24-54-32(3)48)19-25-55-33(4)49/h8-15,26-27H,5-7,16-25H2,1-4H3/b36-26+,37-27+. The van der Waals surface area contributed by atoms with Crippen LogP contribution in [-0.2, 0) is 57.2 Å². The van der Waals surface area contributed by atoms with Gasteiger partial charge in [0.05, 0.1) is 39.4 Å². The molecule has 2 rings (SSSR count). The summed E-state index contributed by atoms with van der Waals surface area (Å²) in [6.45, 7) is 7.28. The van der Waals surface area contributed by atoms with Crippen LogP contribution in [-0.4, -0.2) is 102 Å². The van der Waals surface area contributed by atoms with Crippen molar-refractivity contribution in [3.05, 3.63) is 70.8 Å². The number of rotatable bonds is 24. The lowest BCUT2D eigenvalue weighted by molar-refractivity contribution is -0.142. The summed E-state index contributed by atoms with van der Waals surface area (Å²) >= 11 is 0. The molecule has 16 heteroatoms. The zero-order chi connectivity index (χ0) is 42.0. The molecule has 0 N–H and O–H groups in total. The largest absolute Gasteiger partial charge is 0.464 e. The third-order valence-corrected chi connectivity index (χ3v) is 7.74. The van der Waals surface area contributed by atoms with Gasteiger partial charge in [0.2, 0.25) is 0 Å². The first-order chi connectivity index (χ1) is 27.3. The van der Waals surface area contributed by atoms with Crippen molar-refractivity contribution >= 4 is 59.3 Å². The molecule has 0 aliphatic heterocycles. The fourth-order valence-corrected chi connectivity index (χ4v) is 4.97. The van der Waals surface area contributed by atoms with Gasteiger partial charge in [-0.15, -0.1) is 0 Å². The highest BCUT2D eigenvalue weighted by Crippen LogP contribution is 2.19. The summed E-state index contributed by atoms with van der Waals surface area (Å²) in [6, 6.07) is 17.6. The first-order valence-corrected chi connectivity index (χ1v) is 18.1. The van der Waals surface area contributed by atoms with E-state index < -0.39 is 35.8 Å². The Bertz CT molecular complexity index is 1640. The van der Waals surface area contributed by atoms with Crippen LogP contribution in [0.1, 0.15) is 58.1 Å².